The third-order valence-electron chi connectivity index (χ3n) is 2.55. The minimum Gasteiger partial charge on any atom is -0.350 e. The standard InChI is InChI=1S/C9H14BrN3S/c1-6-11-9(14-12-6)13(2)5-7-3-8(10)4-7/h7-8H,3-5H2,1-2H3. The fourth-order valence-corrected chi connectivity index (χ4v) is 3.41. The predicted molar refractivity (Wildman–Crippen MR) is 63.4 cm³/mol. The van der Waals surface area contributed by atoms with E-state index in [1.54, 1.807) is 0 Å². The van der Waals surface area contributed by atoms with Gasteiger partial charge in [-0.2, -0.15) is 4.37 Å². The second-order valence-electron chi connectivity index (χ2n) is 3.94. The lowest BCUT2D eigenvalue weighted by Gasteiger charge is -2.34. The van der Waals surface area contributed by atoms with Crippen LogP contribution < -0.4 is 4.90 Å². The molecule has 1 fully saturated rings. The molecule has 78 valence electrons. The van der Waals surface area contributed by atoms with E-state index in [-0.39, 0.29) is 0 Å². The molecule has 2 rings (SSSR count). The van der Waals surface area contributed by atoms with Gasteiger partial charge in [-0.15, -0.1) is 0 Å². The number of halogens is 1. The highest BCUT2D eigenvalue weighted by Gasteiger charge is 2.28. The number of nitrogens with zero attached hydrogens (tertiary/aromatic N) is 3. The van der Waals surface area contributed by atoms with Gasteiger partial charge in [0.05, 0.1) is 0 Å². The van der Waals surface area contributed by atoms with E-state index in [0.29, 0.717) is 0 Å². The smallest absolute Gasteiger partial charge is 0.204 e. The molecule has 1 aliphatic carbocycles. The van der Waals surface area contributed by atoms with Gasteiger partial charge in [0.15, 0.2) is 0 Å². The summed E-state index contributed by atoms with van der Waals surface area (Å²) in [6, 6.07) is 0. The number of hydrogen-bond donors (Lipinski definition) is 0. The van der Waals surface area contributed by atoms with Crippen molar-refractivity contribution in [3.63, 3.8) is 0 Å². The van der Waals surface area contributed by atoms with Crippen LogP contribution in [-0.2, 0) is 0 Å². The summed E-state index contributed by atoms with van der Waals surface area (Å²) in [5, 5.41) is 1.04. The zero-order valence-electron chi connectivity index (χ0n) is 8.40. The van der Waals surface area contributed by atoms with Gasteiger partial charge >= 0.3 is 0 Å². The molecule has 14 heavy (non-hydrogen) atoms. The highest BCUT2D eigenvalue weighted by Crippen LogP contribution is 2.34. The molecule has 0 amide bonds. The molecule has 1 aromatic heterocycles. The van der Waals surface area contributed by atoms with E-state index in [4.69, 9.17) is 0 Å². The van der Waals surface area contributed by atoms with Crippen LogP contribution >= 0.6 is 27.5 Å². The van der Waals surface area contributed by atoms with E-state index in [1.165, 1.54) is 24.4 Å². The molecule has 3 nitrogen and oxygen atoms in total. The average molecular weight is 276 g/mol. The van der Waals surface area contributed by atoms with Crippen molar-refractivity contribution < 1.29 is 0 Å². The van der Waals surface area contributed by atoms with Gasteiger partial charge in [0.25, 0.3) is 0 Å². The van der Waals surface area contributed by atoms with E-state index in [1.807, 2.05) is 6.92 Å². The van der Waals surface area contributed by atoms with Crippen molar-refractivity contribution in [3.8, 4) is 0 Å². The summed E-state index contributed by atoms with van der Waals surface area (Å²) in [4.78, 5) is 7.33. The Morgan fingerprint density at radius 2 is 2.29 bits per heavy atom. The Balaban J connectivity index is 1.86. The van der Waals surface area contributed by atoms with Crippen LogP contribution in [0.15, 0.2) is 0 Å². The van der Waals surface area contributed by atoms with E-state index in [2.05, 4.69) is 37.2 Å². The Morgan fingerprint density at radius 1 is 1.57 bits per heavy atom. The first-order chi connectivity index (χ1) is 6.65. The second-order valence-corrected chi connectivity index (χ2v) is 5.96. The minimum atomic E-state index is 0.747. The van der Waals surface area contributed by atoms with Crippen molar-refractivity contribution in [2.45, 2.75) is 24.6 Å². The maximum Gasteiger partial charge on any atom is 0.204 e. The van der Waals surface area contributed by atoms with Gasteiger partial charge in [-0.05, 0) is 25.7 Å². The third-order valence-corrected chi connectivity index (χ3v) is 4.22. The lowest BCUT2D eigenvalue weighted by atomic mass is 9.85. The summed E-state index contributed by atoms with van der Waals surface area (Å²) in [6.45, 7) is 3.04. The lowest BCUT2D eigenvalue weighted by Crippen LogP contribution is -2.34. The molecule has 1 saturated carbocycles. The van der Waals surface area contributed by atoms with Gasteiger partial charge in [0.1, 0.15) is 5.82 Å². The summed E-state index contributed by atoms with van der Waals surface area (Å²) in [6.07, 6.45) is 2.59. The van der Waals surface area contributed by atoms with Crippen molar-refractivity contribution >= 4 is 32.6 Å². The fourth-order valence-electron chi connectivity index (χ4n) is 1.71. The summed E-state index contributed by atoms with van der Waals surface area (Å²) in [5.41, 5.74) is 0. The van der Waals surface area contributed by atoms with Crippen LogP contribution in [-0.4, -0.2) is 27.8 Å². The molecule has 0 radical (unpaired) electrons. The van der Waals surface area contributed by atoms with Crippen LogP contribution in [0.3, 0.4) is 0 Å². The number of rotatable bonds is 3. The molecule has 0 aliphatic heterocycles. The minimum absolute atomic E-state index is 0.747. The van der Waals surface area contributed by atoms with E-state index >= 15 is 0 Å². The Bertz CT molecular complexity index is 309. The Labute approximate surface area is 96.8 Å². The Morgan fingerprint density at radius 3 is 2.79 bits per heavy atom. The first-order valence-electron chi connectivity index (χ1n) is 4.80. The molecule has 5 heteroatoms. The Hall–Kier alpha value is -0.160. The first-order valence-corrected chi connectivity index (χ1v) is 6.49. The van der Waals surface area contributed by atoms with Gasteiger partial charge < -0.3 is 4.90 Å². The lowest BCUT2D eigenvalue weighted by molar-refractivity contribution is 0.339. The zero-order valence-corrected chi connectivity index (χ0v) is 10.8. The van der Waals surface area contributed by atoms with Gasteiger partial charge in [-0.25, -0.2) is 4.98 Å². The number of anilines is 1. The van der Waals surface area contributed by atoms with Crippen LogP contribution in [0.1, 0.15) is 18.7 Å². The molecule has 0 aromatic carbocycles. The topological polar surface area (TPSA) is 29.0 Å². The van der Waals surface area contributed by atoms with Crippen molar-refractivity contribution in [2.24, 2.45) is 5.92 Å². The van der Waals surface area contributed by atoms with Crippen molar-refractivity contribution in [3.05, 3.63) is 5.82 Å². The predicted octanol–water partition coefficient (Wildman–Crippen LogP) is 2.46. The van der Waals surface area contributed by atoms with Gasteiger partial charge in [-0.3, -0.25) is 0 Å². The highest BCUT2D eigenvalue weighted by molar-refractivity contribution is 9.09. The molecule has 0 atom stereocenters. The molecule has 0 spiro atoms. The summed E-state index contributed by atoms with van der Waals surface area (Å²) in [7, 11) is 2.10. The maximum absolute atomic E-state index is 4.36. The summed E-state index contributed by atoms with van der Waals surface area (Å²) >= 11 is 5.10. The van der Waals surface area contributed by atoms with Gasteiger partial charge in [0.2, 0.25) is 5.13 Å². The number of aromatic nitrogens is 2. The van der Waals surface area contributed by atoms with Gasteiger partial charge in [-0.1, -0.05) is 15.9 Å². The van der Waals surface area contributed by atoms with E-state index in [9.17, 15) is 0 Å². The van der Waals surface area contributed by atoms with Crippen LogP contribution in [0, 0.1) is 12.8 Å². The largest absolute Gasteiger partial charge is 0.350 e. The fraction of sp³-hybridized carbons (Fsp3) is 0.778. The maximum atomic E-state index is 4.36. The van der Waals surface area contributed by atoms with Crippen LogP contribution in [0.2, 0.25) is 0 Å². The van der Waals surface area contributed by atoms with Crippen LogP contribution in [0.4, 0.5) is 5.13 Å². The normalized spacial score (nSPS) is 25.9. The number of aryl methyl sites for hydroxylation is 1. The second kappa shape index (κ2) is 4.14. The van der Waals surface area contributed by atoms with Crippen LogP contribution in [0.5, 0.6) is 0 Å². The number of hydrogen-bond acceptors (Lipinski definition) is 4. The number of alkyl halides is 1. The molecule has 0 saturated heterocycles. The third kappa shape index (κ3) is 2.25. The van der Waals surface area contributed by atoms with E-state index < -0.39 is 0 Å². The molecule has 1 heterocycles. The van der Waals surface area contributed by atoms with Gasteiger partial charge in [0, 0.05) is 30.0 Å². The molecular weight excluding hydrogens is 262 g/mol. The van der Waals surface area contributed by atoms with E-state index in [0.717, 1.165) is 28.2 Å². The van der Waals surface area contributed by atoms with Crippen molar-refractivity contribution in [1.82, 2.24) is 9.36 Å². The van der Waals surface area contributed by atoms with Crippen LogP contribution in [0.25, 0.3) is 0 Å². The SMILES string of the molecule is Cc1nsc(N(C)CC2CC(Br)C2)n1. The molecule has 1 aliphatic rings. The molecule has 0 N–H and O–H groups in total. The molecule has 1 aromatic rings. The highest BCUT2D eigenvalue weighted by atomic mass is 79.9. The first kappa shape index (κ1) is 10.4. The Kier molecular flexibility index (Phi) is 3.07. The molecular formula is C9H14BrN3S. The van der Waals surface area contributed by atoms with Crippen molar-refractivity contribution in [1.29, 1.82) is 0 Å². The summed E-state index contributed by atoms with van der Waals surface area (Å²) in [5.74, 6) is 1.71. The van der Waals surface area contributed by atoms with Crippen molar-refractivity contribution in [2.75, 3.05) is 18.5 Å². The molecule has 0 bridgehead atoms. The summed E-state index contributed by atoms with van der Waals surface area (Å²) < 4.78 is 4.18. The average Bonchev–Trinajstić information content (AvgIpc) is 2.49. The molecule has 0 unspecified atom stereocenters. The quantitative estimate of drug-likeness (QED) is 0.794. The zero-order chi connectivity index (χ0) is 10.1. The monoisotopic (exact) mass is 275 g/mol.